The minimum absolute atomic E-state index is 0.107. The molecule has 1 saturated carbocycles. The zero-order chi connectivity index (χ0) is 16.1. The fraction of sp³-hybridized carbons (Fsp3) is 0.500. The summed E-state index contributed by atoms with van der Waals surface area (Å²) in [6, 6.07) is 6.24. The molecule has 2 heterocycles. The van der Waals surface area contributed by atoms with E-state index in [1.165, 1.54) is 10.6 Å². The van der Waals surface area contributed by atoms with E-state index in [0.29, 0.717) is 6.42 Å². The molecular formula is C18H21N3O2. The van der Waals surface area contributed by atoms with Crippen molar-refractivity contribution in [1.29, 1.82) is 0 Å². The topological polar surface area (TPSA) is 53.0 Å². The van der Waals surface area contributed by atoms with E-state index in [0.717, 1.165) is 42.6 Å². The van der Waals surface area contributed by atoms with Gasteiger partial charge in [-0.1, -0.05) is 6.07 Å². The van der Waals surface area contributed by atoms with Crippen molar-refractivity contribution >= 4 is 23.2 Å². The van der Waals surface area contributed by atoms with Crippen molar-refractivity contribution in [3.8, 4) is 0 Å². The van der Waals surface area contributed by atoms with Crippen LogP contribution in [-0.2, 0) is 16.0 Å². The van der Waals surface area contributed by atoms with Crippen molar-refractivity contribution in [2.45, 2.75) is 32.1 Å². The van der Waals surface area contributed by atoms with E-state index in [4.69, 9.17) is 0 Å². The molecule has 4 rings (SSSR count). The second-order valence-electron chi connectivity index (χ2n) is 6.79. The van der Waals surface area contributed by atoms with Crippen LogP contribution >= 0.6 is 0 Å². The lowest BCUT2D eigenvalue weighted by Crippen LogP contribution is -2.48. The number of hydrazone groups is 1. The molecule has 0 spiro atoms. The van der Waals surface area contributed by atoms with Crippen LogP contribution in [0.2, 0.25) is 0 Å². The number of nitrogens with zero attached hydrogens (tertiary/aromatic N) is 3. The van der Waals surface area contributed by atoms with Crippen LogP contribution in [0.15, 0.2) is 23.3 Å². The summed E-state index contributed by atoms with van der Waals surface area (Å²) in [6.07, 6.45) is 4.41. The standard InChI is InChI=1S/C18H21N3O2/c1-20-15-9-6-12(10-11(15)4-3-5-16(20)22)17-13-7-8-14(13)18(23)21(2)19-17/h6,9-10,13-14H,3-5,7-8H2,1-2H3. The fourth-order valence-electron chi connectivity index (χ4n) is 3.92. The molecule has 5 heteroatoms. The second-order valence-corrected chi connectivity index (χ2v) is 6.79. The van der Waals surface area contributed by atoms with Crippen LogP contribution in [0.3, 0.4) is 0 Å². The molecule has 1 aromatic rings. The van der Waals surface area contributed by atoms with Crippen LogP contribution < -0.4 is 4.90 Å². The maximum Gasteiger partial charge on any atom is 0.246 e. The lowest BCUT2D eigenvalue weighted by atomic mass is 9.68. The summed E-state index contributed by atoms with van der Waals surface area (Å²) in [5, 5.41) is 6.04. The average molecular weight is 311 g/mol. The van der Waals surface area contributed by atoms with Crippen LogP contribution in [0.25, 0.3) is 0 Å². The van der Waals surface area contributed by atoms with Gasteiger partial charge in [0.2, 0.25) is 11.8 Å². The van der Waals surface area contributed by atoms with Gasteiger partial charge in [-0.05, 0) is 48.9 Å². The number of benzene rings is 1. The van der Waals surface area contributed by atoms with Gasteiger partial charge in [-0.15, -0.1) is 0 Å². The number of amides is 2. The maximum absolute atomic E-state index is 12.1. The third-order valence-corrected chi connectivity index (χ3v) is 5.47. The van der Waals surface area contributed by atoms with Gasteiger partial charge in [-0.2, -0.15) is 5.10 Å². The monoisotopic (exact) mass is 311 g/mol. The largest absolute Gasteiger partial charge is 0.315 e. The van der Waals surface area contributed by atoms with E-state index in [-0.39, 0.29) is 23.7 Å². The number of rotatable bonds is 1. The Morgan fingerprint density at radius 3 is 2.61 bits per heavy atom. The van der Waals surface area contributed by atoms with Gasteiger partial charge in [0, 0.05) is 38.0 Å². The van der Waals surface area contributed by atoms with Crippen molar-refractivity contribution in [1.82, 2.24) is 5.01 Å². The molecule has 1 aliphatic carbocycles. The normalized spacial score (nSPS) is 27.0. The first-order chi connectivity index (χ1) is 11.1. The van der Waals surface area contributed by atoms with Gasteiger partial charge in [0.15, 0.2) is 0 Å². The number of anilines is 1. The first-order valence-corrected chi connectivity index (χ1v) is 8.32. The highest BCUT2D eigenvalue weighted by Crippen LogP contribution is 2.41. The Kier molecular flexibility index (Phi) is 3.25. The summed E-state index contributed by atoms with van der Waals surface area (Å²) < 4.78 is 0. The Balaban J connectivity index is 1.74. The van der Waals surface area contributed by atoms with Crippen LogP contribution in [-0.4, -0.2) is 36.6 Å². The van der Waals surface area contributed by atoms with Crippen LogP contribution in [0.5, 0.6) is 0 Å². The molecule has 3 aliphatic rings. The maximum atomic E-state index is 12.1. The molecule has 1 fully saturated rings. The molecule has 23 heavy (non-hydrogen) atoms. The molecule has 0 N–H and O–H groups in total. The van der Waals surface area contributed by atoms with E-state index in [1.807, 2.05) is 19.2 Å². The lowest BCUT2D eigenvalue weighted by Gasteiger charge is -2.41. The van der Waals surface area contributed by atoms with Gasteiger partial charge in [0.1, 0.15) is 0 Å². The minimum atomic E-state index is 0.107. The molecule has 2 atom stereocenters. The summed E-state index contributed by atoms with van der Waals surface area (Å²) in [6.45, 7) is 0. The zero-order valence-corrected chi connectivity index (χ0v) is 13.6. The van der Waals surface area contributed by atoms with E-state index < -0.39 is 0 Å². The van der Waals surface area contributed by atoms with Crippen molar-refractivity contribution < 1.29 is 9.59 Å². The average Bonchev–Trinajstić information content (AvgIpc) is 2.63. The summed E-state index contributed by atoms with van der Waals surface area (Å²) in [4.78, 5) is 25.9. The van der Waals surface area contributed by atoms with Gasteiger partial charge in [-0.25, -0.2) is 5.01 Å². The Bertz CT molecular complexity index is 725. The van der Waals surface area contributed by atoms with Crippen molar-refractivity contribution in [3.63, 3.8) is 0 Å². The van der Waals surface area contributed by atoms with Gasteiger partial charge >= 0.3 is 0 Å². The Hall–Kier alpha value is -2.17. The summed E-state index contributed by atoms with van der Waals surface area (Å²) in [5.74, 6) is 0.693. The highest BCUT2D eigenvalue weighted by molar-refractivity contribution is 6.08. The molecule has 0 aromatic heterocycles. The molecule has 2 aliphatic heterocycles. The second kappa shape index (κ2) is 5.18. The fourth-order valence-corrected chi connectivity index (χ4v) is 3.92. The number of aryl methyl sites for hydroxylation is 1. The number of carbonyl (C=O) groups excluding carboxylic acids is 2. The quantitative estimate of drug-likeness (QED) is 0.798. The predicted molar refractivity (Wildman–Crippen MR) is 88.3 cm³/mol. The number of fused-ring (bicyclic) bond motifs is 2. The highest BCUT2D eigenvalue weighted by Gasteiger charge is 2.44. The number of carbonyl (C=O) groups is 2. The molecule has 2 unspecified atom stereocenters. The highest BCUT2D eigenvalue weighted by atomic mass is 16.2. The van der Waals surface area contributed by atoms with E-state index in [9.17, 15) is 9.59 Å². The van der Waals surface area contributed by atoms with Gasteiger partial charge in [0.25, 0.3) is 0 Å². The Morgan fingerprint density at radius 1 is 1.09 bits per heavy atom. The molecule has 0 radical (unpaired) electrons. The summed E-state index contributed by atoms with van der Waals surface area (Å²) in [7, 11) is 3.59. The Labute approximate surface area is 136 Å². The van der Waals surface area contributed by atoms with Crippen LogP contribution in [0, 0.1) is 11.8 Å². The van der Waals surface area contributed by atoms with Gasteiger partial charge in [0.05, 0.1) is 5.71 Å². The number of hydrogen-bond donors (Lipinski definition) is 0. The third kappa shape index (κ3) is 2.18. The molecule has 0 bridgehead atoms. The van der Waals surface area contributed by atoms with Crippen molar-refractivity contribution in [2.75, 3.05) is 19.0 Å². The molecule has 0 saturated heterocycles. The van der Waals surface area contributed by atoms with E-state index >= 15 is 0 Å². The zero-order valence-electron chi connectivity index (χ0n) is 13.6. The van der Waals surface area contributed by atoms with Crippen molar-refractivity contribution in [2.24, 2.45) is 16.9 Å². The smallest absolute Gasteiger partial charge is 0.246 e. The van der Waals surface area contributed by atoms with Crippen LogP contribution in [0.4, 0.5) is 5.69 Å². The molecule has 2 amide bonds. The van der Waals surface area contributed by atoms with Crippen LogP contribution in [0.1, 0.15) is 36.8 Å². The molecule has 120 valence electrons. The third-order valence-electron chi connectivity index (χ3n) is 5.47. The first kappa shape index (κ1) is 14.4. The SMILES string of the molecule is CN1N=C(c2ccc3c(c2)CCCC(=O)N3C)C2CCC2C1=O. The molecule has 1 aromatic carbocycles. The van der Waals surface area contributed by atoms with E-state index in [2.05, 4.69) is 11.2 Å². The lowest BCUT2D eigenvalue weighted by molar-refractivity contribution is -0.139. The predicted octanol–water partition coefficient (Wildman–Crippen LogP) is 2.19. The van der Waals surface area contributed by atoms with E-state index in [1.54, 1.807) is 11.9 Å². The van der Waals surface area contributed by atoms with Gasteiger partial charge < -0.3 is 4.90 Å². The molecule has 5 nitrogen and oxygen atoms in total. The van der Waals surface area contributed by atoms with Gasteiger partial charge in [-0.3, -0.25) is 9.59 Å². The summed E-state index contributed by atoms with van der Waals surface area (Å²) >= 11 is 0. The Morgan fingerprint density at radius 2 is 1.87 bits per heavy atom. The minimum Gasteiger partial charge on any atom is -0.315 e. The first-order valence-electron chi connectivity index (χ1n) is 8.32. The number of hydrogen-bond acceptors (Lipinski definition) is 3. The summed E-state index contributed by atoms with van der Waals surface area (Å²) in [5.41, 5.74) is 4.33. The van der Waals surface area contributed by atoms with Crippen molar-refractivity contribution in [3.05, 3.63) is 29.3 Å². The molecular weight excluding hydrogens is 290 g/mol.